The van der Waals surface area contributed by atoms with Crippen LogP contribution in [0, 0.1) is 11.8 Å². The minimum atomic E-state index is 0.150. The Morgan fingerprint density at radius 1 is 0.833 bits per heavy atom. The molecule has 4 aliphatic heterocycles. The van der Waals surface area contributed by atoms with Crippen LogP contribution in [0.15, 0.2) is 18.5 Å². The van der Waals surface area contributed by atoms with Crippen LogP contribution in [0.25, 0.3) is 16.1 Å². The van der Waals surface area contributed by atoms with E-state index in [-0.39, 0.29) is 5.54 Å². The van der Waals surface area contributed by atoms with Crippen molar-refractivity contribution in [2.24, 2.45) is 0 Å². The van der Waals surface area contributed by atoms with Gasteiger partial charge in [-0.1, -0.05) is 17.9 Å². The average Bonchev–Trinajstić information content (AvgIpc) is 3.55. The van der Waals surface area contributed by atoms with E-state index in [1.165, 1.54) is 82.4 Å². The van der Waals surface area contributed by atoms with Gasteiger partial charge in [-0.2, -0.15) is 0 Å². The number of aromatic nitrogens is 2. The second kappa shape index (κ2) is 7.56. The Morgan fingerprint density at radius 2 is 1.50 bits per heavy atom. The molecule has 156 valence electrons. The van der Waals surface area contributed by atoms with Crippen molar-refractivity contribution in [1.29, 1.82) is 0 Å². The lowest BCUT2D eigenvalue weighted by Gasteiger charge is -2.28. The molecule has 4 nitrogen and oxygen atoms in total. The van der Waals surface area contributed by atoms with Crippen molar-refractivity contribution in [3.8, 4) is 21.9 Å². The van der Waals surface area contributed by atoms with Crippen molar-refractivity contribution in [3.05, 3.63) is 28.2 Å². The Kier molecular flexibility index (Phi) is 4.84. The van der Waals surface area contributed by atoms with Gasteiger partial charge in [0.1, 0.15) is 0 Å². The van der Waals surface area contributed by atoms with Gasteiger partial charge in [-0.15, -0.1) is 22.7 Å². The predicted molar refractivity (Wildman–Crippen MR) is 125 cm³/mol. The molecule has 2 aromatic heterocycles. The molecule has 2 aromatic rings. The summed E-state index contributed by atoms with van der Waals surface area (Å²) in [7, 11) is 0. The molecule has 6 rings (SSSR count). The van der Waals surface area contributed by atoms with Crippen LogP contribution in [-0.4, -0.2) is 57.0 Å². The molecule has 4 aliphatic rings. The summed E-state index contributed by atoms with van der Waals surface area (Å²) in [5.74, 6) is 7.08. The number of fused-ring (bicyclic) bond motifs is 2. The molecular weight excluding hydrogens is 408 g/mol. The molecule has 6 heteroatoms. The summed E-state index contributed by atoms with van der Waals surface area (Å²) in [5, 5.41) is 2.01. The summed E-state index contributed by atoms with van der Waals surface area (Å²) in [6.45, 7) is 4.97. The lowest BCUT2D eigenvalue weighted by Crippen LogP contribution is -2.36. The van der Waals surface area contributed by atoms with Gasteiger partial charge in [0, 0.05) is 16.6 Å². The van der Waals surface area contributed by atoms with Gasteiger partial charge in [-0.3, -0.25) is 9.80 Å². The maximum Gasteiger partial charge on any atom is 0.153 e. The van der Waals surface area contributed by atoms with Crippen molar-refractivity contribution in [2.75, 3.05) is 26.2 Å². The molecule has 6 heterocycles. The van der Waals surface area contributed by atoms with Gasteiger partial charge in [0.15, 0.2) is 10.0 Å². The molecule has 0 aliphatic carbocycles. The van der Waals surface area contributed by atoms with Crippen LogP contribution in [0.3, 0.4) is 0 Å². The van der Waals surface area contributed by atoms with Crippen LogP contribution in [0.2, 0.25) is 0 Å². The van der Waals surface area contributed by atoms with Crippen molar-refractivity contribution < 1.29 is 0 Å². The smallest absolute Gasteiger partial charge is 0.153 e. The number of hydrogen-bond acceptors (Lipinski definition) is 6. The van der Waals surface area contributed by atoms with E-state index in [9.17, 15) is 0 Å². The average molecular weight is 437 g/mol. The highest BCUT2D eigenvalue weighted by molar-refractivity contribution is 7.22. The summed E-state index contributed by atoms with van der Waals surface area (Å²) in [4.78, 5) is 16.9. The van der Waals surface area contributed by atoms with Crippen LogP contribution in [0.4, 0.5) is 0 Å². The van der Waals surface area contributed by atoms with Gasteiger partial charge >= 0.3 is 0 Å². The fraction of sp³-hybridized carbons (Fsp3) is 0.583. The van der Waals surface area contributed by atoms with Crippen molar-refractivity contribution in [3.63, 3.8) is 0 Å². The Bertz CT molecular complexity index is 1000. The molecule has 0 aromatic carbocycles. The molecule has 0 bridgehead atoms. The maximum atomic E-state index is 4.66. The highest BCUT2D eigenvalue weighted by Gasteiger charge is 2.43. The fourth-order valence-corrected chi connectivity index (χ4v) is 7.66. The van der Waals surface area contributed by atoms with Crippen molar-refractivity contribution in [2.45, 2.75) is 62.4 Å². The lowest BCUT2D eigenvalue weighted by molar-refractivity contribution is 0.251. The molecule has 0 unspecified atom stereocenters. The molecule has 4 saturated heterocycles. The molecule has 0 saturated carbocycles. The van der Waals surface area contributed by atoms with Crippen molar-refractivity contribution in [1.82, 2.24) is 19.8 Å². The van der Waals surface area contributed by atoms with Crippen LogP contribution < -0.4 is 0 Å². The van der Waals surface area contributed by atoms with E-state index in [1.54, 1.807) is 22.7 Å². The van der Waals surface area contributed by atoms with Crippen molar-refractivity contribution >= 4 is 28.7 Å². The SMILES string of the molecule is C(#CC12CCCN1CCC2)c1cnc(-c2ncc(/C=C\C34CCCN3CCC4)s2)s1. The second-order valence-electron chi connectivity index (χ2n) is 9.20. The third-order valence-electron chi connectivity index (χ3n) is 7.54. The second-order valence-corrected chi connectivity index (χ2v) is 11.3. The van der Waals surface area contributed by atoms with Crippen LogP contribution in [0.1, 0.15) is 61.1 Å². The maximum absolute atomic E-state index is 4.66. The molecule has 0 radical (unpaired) electrons. The summed E-state index contributed by atoms with van der Waals surface area (Å²) in [6.07, 6.45) is 19.0. The summed E-state index contributed by atoms with van der Waals surface area (Å²) < 4.78 is 0. The van der Waals surface area contributed by atoms with Crippen LogP contribution >= 0.6 is 22.7 Å². The normalized spacial score (nSPS) is 24.9. The standard InChI is InChI=1S/C24H28N4S2/c1-7-23(8-2-14-27(23)13-1)11-5-19-17-25-21(29-19)22-26-18-20(30-22)6-12-24-9-3-15-28(24)16-4-10-24/h5,11,17-18H,1-4,7-10,13-16H2/b11-5-. The van der Waals surface area contributed by atoms with Gasteiger partial charge in [-0.25, -0.2) is 9.97 Å². The summed E-state index contributed by atoms with van der Waals surface area (Å²) >= 11 is 3.43. The quantitative estimate of drug-likeness (QED) is 0.642. The van der Waals surface area contributed by atoms with Gasteiger partial charge in [0.25, 0.3) is 0 Å². The van der Waals surface area contributed by atoms with E-state index in [0.717, 1.165) is 14.9 Å². The van der Waals surface area contributed by atoms with Gasteiger partial charge in [0.05, 0.1) is 16.6 Å². The van der Waals surface area contributed by atoms with E-state index < -0.39 is 0 Å². The highest BCUT2D eigenvalue weighted by atomic mass is 32.1. The fourth-order valence-electron chi connectivity index (χ4n) is 6.04. The van der Waals surface area contributed by atoms with Gasteiger partial charge in [-0.05, 0) is 83.6 Å². The molecule has 4 fully saturated rings. The minimum Gasteiger partial charge on any atom is -0.294 e. The topological polar surface area (TPSA) is 32.3 Å². The number of rotatable bonds is 3. The first kappa shape index (κ1) is 19.2. The third kappa shape index (κ3) is 3.27. The van der Waals surface area contributed by atoms with Gasteiger partial charge in [0.2, 0.25) is 0 Å². The Balaban J connectivity index is 1.18. The first-order valence-electron chi connectivity index (χ1n) is 11.4. The van der Waals surface area contributed by atoms with Crippen LogP contribution in [-0.2, 0) is 0 Å². The molecule has 0 atom stereocenters. The van der Waals surface area contributed by atoms with E-state index in [2.05, 4.69) is 43.8 Å². The Morgan fingerprint density at radius 3 is 2.30 bits per heavy atom. The third-order valence-corrected chi connectivity index (χ3v) is 9.55. The Labute approximate surface area is 187 Å². The predicted octanol–water partition coefficient (Wildman–Crippen LogP) is 4.89. The Hall–Kier alpha value is -1.52. The highest BCUT2D eigenvalue weighted by Crippen LogP contribution is 2.41. The van der Waals surface area contributed by atoms with E-state index in [0.29, 0.717) is 5.54 Å². The minimum absolute atomic E-state index is 0.150. The van der Waals surface area contributed by atoms with E-state index >= 15 is 0 Å². The number of hydrogen-bond donors (Lipinski definition) is 0. The number of nitrogens with zero attached hydrogens (tertiary/aromatic N) is 4. The summed E-state index contributed by atoms with van der Waals surface area (Å²) in [5.41, 5.74) is 0.471. The molecule has 30 heavy (non-hydrogen) atoms. The monoisotopic (exact) mass is 436 g/mol. The zero-order valence-corrected chi connectivity index (χ0v) is 19.0. The molecule has 0 N–H and O–H groups in total. The van der Waals surface area contributed by atoms with E-state index in [4.69, 9.17) is 0 Å². The zero-order valence-electron chi connectivity index (χ0n) is 17.4. The first-order valence-corrected chi connectivity index (χ1v) is 13.0. The lowest BCUT2D eigenvalue weighted by atomic mass is 9.93. The summed E-state index contributed by atoms with van der Waals surface area (Å²) in [6, 6.07) is 0. The van der Waals surface area contributed by atoms with Crippen LogP contribution in [0.5, 0.6) is 0 Å². The zero-order chi connectivity index (χ0) is 20.0. The largest absolute Gasteiger partial charge is 0.294 e. The number of thiazole rings is 2. The molecule has 0 amide bonds. The van der Waals surface area contributed by atoms with E-state index in [1.807, 2.05) is 12.4 Å². The first-order chi connectivity index (χ1) is 14.7. The molecule has 0 spiro atoms. The molecular formula is C24H28N4S2. The van der Waals surface area contributed by atoms with Gasteiger partial charge < -0.3 is 0 Å².